The van der Waals surface area contributed by atoms with Crippen LogP contribution in [0.5, 0.6) is 0 Å². The number of aliphatic hydroxyl groups excluding tert-OH is 3. The van der Waals surface area contributed by atoms with E-state index in [2.05, 4.69) is 19.2 Å². The van der Waals surface area contributed by atoms with Gasteiger partial charge >= 0.3 is 0 Å². The minimum atomic E-state index is -0.739. The van der Waals surface area contributed by atoms with Crippen molar-refractivity contribution in [1.29, 1.82) is 0 Å². The van der Waals surface area contributed by atoms with Crippen LogP contribution in [0.4, 0.5) is 0 Å². The second-order valence-electron chi connectivity index (χ2n) is 11.1. The first-order valence-electron chi connectivity index (χ1n) is 15.8. The SMILES string of the molecule is CCCCCCCCCCCCCCCC(O)C(CO)NC(=O)CC(O)CCCCCCCCCC. The van der Waals surface area contributed by atoms with Crippen LogP contribution in [0.25, 0.3) is 0 Å². The molecule has 0 saturated carbocycles. The largest absolute Gasteiger partial charge is 0.394 e. The van der Waals surface area contributed by atoms with Gasteiger partial charge in [-0.3, -0.25) is 4.79 Å². The molecule has 0 aromatic carbocycles. The Hall–Kier alpha value is -0.650. The second-order valence-corrected chi connectivity index (χ2v) is 11.1. The predicted molar refractivity (Wildman–Crippen MR) is 153 cm³/mol. The van der Waals surface area contributed by atoms with E-state index in [-0.39, 0.29) is 18.9 Å². The summed E-state index contributed by atoms with van der Waals surface area (Å²) in [7, 11) is 0. The Balaban J connectivity index is 3.71. The number of hydrogen-bond donors (Lipinski definition) is 4. The summed E-state index contributed by atoms with van der Waals surface area (Å²) in [4.78, 5) is 12.3. The molecule has 0 bridgehead atoms. The maximum Gasteiger partial charge on any atom is 0.222 e. The molecule has 5 heteroatoms. The molecule has 0 aliphatic heterocycles. The molecule has 0 aromatic rings. The first-order chi connectivity index (χ1) is 17.5. The summed E-state index contributed by atoms with van der Waals surface area (Å²) in [6, 6.07) is -0.648. The highest BCUT2D eigenvalue weighted by Crippen LogP contribution is 2.15. The van der Waals surface area contributed by atoms with Crippen LogP contribution in [0.15, 0.2) is 0 Å². The maximum absolute atomic E-state index is 12.3. The first-order valence-corrected chi connectivity index (χ1v) is 15.8. The van der Waals surface area contributed by atoms with E-state index in [9.17, 15) is 20.1 Å². The molecule has 0 spiro atoms. The molecule has 0 aliphatic rings. The number of carbonyl (C=O) groups excluding carboxylic acids is 1. The summed E-state index contributed by atoms with van der Waals surface area (Å²) < 4.78 is 0. The van der Waals surface area contributed by atoms with Crippen LogP contribution in [-0.4, -0.2) is 46.1 Å². The number of hydrogen-bond acceptors (Lipinski definition) is 4. The Bertz CT molecular complexity index is 460. The van der Waals surface area contributed by atoms with Crippen LogP contribution in [0.2, 0.25) is 0 Å². The zero-order valence-corrected chi connectivity index (χ0v) is 24.2. The molecule has 0 radical (unpaired) electrons. The summed E-state index contributed by atoms with van der Waals surface area (Å²) in [6.07, 6.45) is 26.2. The lowest BCUT2D eigenvalue weighted by Gasteiger charge is -2.23. The van der Waals surface area contributed by atoms with Crippen LogP contribution in [0.1, 0.15) is 168 Å². The summed E-state index contributed by atoms with van der Waals surface area (Å²) in [5.74, 6) is -0.287. The molecule has 4 N–H and O–H groups in total. The van der Waals surface area contributed by atoms with Gasteiger partial charge in [0, 0.05) is 0 Å². The van der Waals surface area contributed by atoms with Crippen molar-refractivity contribution in [3.8, 4) is 0 Å². The van der Waals surface area contributed by atoms with Gasteiger partial charge in [-0.25, -0.2) is 0 Å². The molecule has 3 atom stereocenters. The molecule has 0 fully saturated rings. The van der Waals surface area contributed by atoms with E-state index in [1.807, 2.05) is 0 Å². The molecular formula is C31H63NO4. The van der Waals surface area contributed by atoms with Crippen molar-refractivity contribution in [2.75, 3.05) is 6.61 Å². The van der Waals surface area contributed by atoms with E-state index < -0.39 is 18.2 Å². The topological polar surface area (TPSA) is 89.8 Å². The van der Waals surface area contributed by atoms with E-state index in [4.69, 9.17) is 0 Å². The molecule has 36 heavy (non-hydrogen) atoms. The van der Waals surface area contributed by atoms with Gasteiger partial charge in [0.15, 0.2) is 0 Å². The monoisotopic (exact) mass is 513 g/mol. The van der Waals surface area contributed by atoms with Gasteiger partial charge in [-0.05, 0) is 12.8 Å². The molecule has 5 nitrogen and oxygen atoms in total. The standard InChI is InChI=1S/C31H63NO4/c1-3-5-7-9-11-13-14-15-16-17-19-21-23-25-30(35)29(27-33)32-31(36)26-28(34)24-22-20-18-12-10-8-6-4-2/h28-30,33-35H,3-27H2,1-2H3,(H,32,36). The molecule has 0 aromatic heterocycles. The van der Waals surface area contributed by atoms with Gasteiger partial charge in [-0.2, -0.15) is 0 Å². The molecule has 3 unspecified atom stereocenters. The number of rotatable bonds is 28. The number of aliphatic hydroxyl groups is 3. The van der Waals surface area contributed by atoms with Gasteiger partial charge in [0.1, 0.15) is 0 Å². The Labute approximate surface area is 224 Å². The lowest BCUT2D eigenvalue weighted by Crippen LogP contribution is -2.46. The Kier molecular flexibility index (Phi) is 26.9. The molecule has 0 rings (SSSR count). The average Bonchev–Trinajstić information content (AvgIpc) is 2.86. The van der Waals surface area contributed by atoms with Crippen molar-refractivity contribution in [3.63, 3.8) is 0 Å². The highest BCUT2D eigenvalue weighted by Gasteiger charge is 2.21. The van der Waals surface area contributed by atoms with E-state index in [0.29, 0.717) is 12.8 Å². The fraction of sp³-hybridized carbons (Fsp3) is 0.968. The Morgan fingerprint density at radius 1 is 0.583 bits per heavy atom. The van der Waals surface area contributed by atoms with Crippen molar-refractivity contribution in [1.82, 2.24) is 5.32 Å². The highest BCUT2D eigenvalue weighted by atomic mass is 16.3. The van der Waals surface area contributed by atoms with E-state index >= 15 is 0 Å². The summed E-state index contributed by atoms with van der Waals surface area (Å²) in [6.45, 7) is 4.21. The molecule has 0 heterocycles. The normalized spacial score (nSPS) is 14.0. The van der Waals surface area contributed by atoms with Gasteiger partial charge in [-0.1, -0.05) is 149 Å². The minimum absolute atomic E-state index is 0.0401. The van der Waals surface area contributed by atoms with Gasteiger partial charge in [0.05, 0.1) is 31.3 Å². The van der Waals surface area contributed by atoms with E-state index in [0.717, 1.165) is 25.7 Å². The predicted octanol–water partition coefficient (Wildman–Crippen LogP) is 7.59. The smallest absolute Gasteiger partial charge is 0.222 e. The van der Waals surface area contributed by atoms with Crippen LogP contribution in [0.3, 0.4) is 0 Å². The van der Waals surface area contributed by atoms with Crippen molar-refractivity contribution in [2.45, 2.75) is 186 Å². The van der Waals surface area contributed by atoms with Gasteiger partial charge < -0.3 is 20.6 Å². The average molecular weight is 514 g/mol. The third kappa shape index (κ3) is 23.7. The van der Waals surface area contributed by atoms with E-state index in [1.54, 1.807) is 0 Å². The zero-order valence-electron chi connectivity index (χ0n) is 24.2. The van der Waals surface area contributed by atoms with Crippen molar-refractivity contribution in [2.24, 2.45) is 0 Å². The van der Waals surface area contributed by atoms with Gasteiger partial charge in [0.2, 0.25) is 5.91 Å². The number of nitrogens with one attached hydrogen (secondary N) is 1. The summed E-state index contributed by atoms with van der Waals surface area (Å²) in [5, 5.41) is 32.9. The maximum atomic E-state index is 12.3. The van der Waals surface area contributed by atoms with Crippen LogP contribution < -0.4 is 5.32 Å². The van der Waals surface area contributed by atoms with Crippen molar-refractivity contribution < 1.29 is 20.1 Å². The third-order valence-electron chi connectivity index (χ3n) is 7.42. The van der Waals surface area contributed by atoms with Crippen LogP contribution in [-0.2, 0) is 4.79 Å². The minimum Gasteiger partial charge on any atom is -0.394 e. The lowest BCUT2D eigenvalue weighted by molar-refractivity contribution is -0.125. The summed E-state index contributed by atoms with van der Waals surface area (Å²) >= 11 is 0. The van der Waals surface area contributed by atoms with Crippen molar-refractivity contribution in [3.05, 3.63) is 0 Å². The third-order valence-corrected chi connectivity index (χ3v) is 7.42. The molecular weight excluding hydrogens is 450 g/mol. The highest BCUT2D eigenvalue weighted by molar-refractivity contribution is 5.76. The lowest BCUT2D eigenvalue weighted by atomic mass is 10.0. The summed E-state index contributed by atoms with van der Waals surface area (Å²) in [5.41, 5.74) is 0. The molecule has 0 saturated heterocycles. The number of amides is 1. The van der Waals surface area contributed by atoms with Crippen LogP contribution in [0, 0.1) is 0 Å². The molecule has 0 aliphatic carbocycles. The van der Waals surface area contributed by atoms with Crippen molar-refractivity contribution >= 4 is 5.91 Å². The zero-order chi connectivity index (χ0) is 26.7. The fourth-order valence-corrected chi connectivity index (χ4v) is 4.93. The molecule has 216 valence electrons. The van der Waals surface area contributed by atoms with E-state index in [1.165, 1.54) is 109 Å². The fourth-order valence-electron chi connectivity index (χ4n) is 4.93. The van der Waals surface area contributed by atoms with Gasteiger partial charge in [-0.15, -0.1) is 0 Å². The number of carbonyl (C=O) groups is 1. The van der Waals surface area contributed by atoms with Gasteiger partial charge in [0.25, 0.3) is 0 Å². The van der Waals surface area contributed by atoms with Crippen LogP contribution >= 0.6 is 0 Å². The Morgan fingerprint density at radius 3 is 1.33 bits per heavy atom. The first kappa shape index (κ1) is 35.4. The quantitative estimate of drug-likeness (QED) is 0.0811. The Morgan fingerprint density at radius 2 is 0.944 bits per heavy atom. The number of unbranched alkanes of at least 4 members (excludes halogenated alkanes) is 19. The second kappa shape index (κ2) is 27.4. The molecule has 1 amide bonds.